The first-order valence-electron chi connectivity index (χ1n) is 12.4. The van der Waals surface area contributed by atoms with Crippen LogP contribution < -0.4 is 25.4 Å². The summed E-state index contributed by atoms with van der Waals surface area (Å²) < 4.78 is 10.7. The fourth-order valence-corrected chi connectivity index (χ4v) is 4.99. The number of aromatic nitrogens is 1. The van der Waals surface area contributed by atoms with Crippen molar-refractivity contribution in [3.63, 3.8) is 0 Å². The van der Waals surface area contributed by atoms with Crippen molar-refractivity contribution in [2.24, 2.45) is 0 Å². The topological polar surface area (TPSA) is 119 Å². The third kappa shape index (κ3) is 8.44. The Morgan fingerprint density at radius 3 is 2.37 bits per heavy atom. The molecule has 0 radical (unpaired) electrons. The van der Waals surface area contributed by atoms with E-state index in [1.54, 1.807) is 86.0 Å². The molecular formula is C30H28N4O5S2. The summed E-state index contributed by atoms with van der Waals surface area (Å²) in [7, 11) is 3.06. The van der Waals surface area contributed by atoms with Gasteiger partial charge < -0.3 is 25.4 Å². The van der Waals surface area contributed by atoms with Gasteiger partial charge in [0.2, 0.25) is 5.91 Å². The highest BCUT2D eigenvalue weighted by Crippen LogP contribution is 2.27. The van der Waals surface area contributed by atoms with Gasteiger partial charge in [-0.25, -0.2) is 4.98 Å². The number of anilines is 2. The number of hydrogen-bond donors (Lipinski definition) is 3. The van der Waals surface area contributed by atoms with Gasteiger partial charge in [0.1, 0.15) is 17.2 Å². The predicted molar refractivity (Wildman–Crippen MR) is 163 cm³/mol. The third-order valence-corrected chi connectivity index (χ3v) is 7.50. The van der Waals surface area contributed by atoms with Gasteiger partial charge in [-0.15, -0.1) is 23.1 Å². The minimum atomic E-state index is -0.523. The van der Waals surface area contributed by atoms with E-state index in [-0.39, 0.29) is 17.4 Å². The Morgan fingerprint density at radius 2 is 1.71 bits per heavy atom. The molecule has 210 valence electrons. The Morgan fingerprint density at radius 1 is 0.951 bits per heavy atom. The van der Waals surface area contributed by atoms with Crippen LogP contribution in [0.3, 0.4) is 0 Å². The van der Waals surface area contributed by atoms with Crippen LogP contribution in [0.1, 0.15) is 21.6 Å². The van der Waals surface area contributed by atoms with Crippen LogP contribution in [-0.4, -0.2) is 42.7 Å². The van der Waals surface area contributed by atoms with Gasteiger partial charge in [-0.1, -0.05) is 18.2 Å². The largest absolute Gasteiger partial charge is 0.497 e. The quantitative estimate of drug-likeness (QED) is 0.154. The molecule has 0 aliphatic carbocycles. The molecule has 0 atom stereocenters. The molecule has 0 saturated carbocycles. The van der Waals surface area contributed by atoms with Crippen LogP contribution in [0.25, 0.3) is 6.08 Å². The van der Waals surface area contributed by atoms with E-state index in [4.69, 9.17) is 9.47 Å². The molecule has 1 aromatic heterocycles. The fourth-order valence-electron chi connectivity index (χ4n) is 3.58. The number of thiazole rings is 1. The van der Waals surface area contributed by atoms with Crippen molar-refractivity contribution in [3.05, 3.63) is 101 Å². The number of hydrogen-bond acceptors (Lipinski definition) is 8. The zero-order chi connectivity index (χ0) is 29.2. The van der Waals surface area contributed by atoms with Crippen LogP contribution in [0.2, 0.25) is 0 Å². The van der Waals surface area contributed by atoms with E-state index in [9.17, 15) is 14.4 Å². The second-order valence-electron chi connectivity index (χ2n) is 8.60. The van der Waals surface area contributed by atoms with Gasteiger partial charge in [-0.05, 0) is 61.5 Å². The highest BCUT2D eigenvalue weighted by Gasteiger charge is 2.17. The van der Waals surface area contributed by atoms with Crippen LogP contribution in [0, 0.1) is 6.92 Å². The minimum Gasteiger partial charge on any atom is -0.497 e. The zero-order valence-electron chi connectivity index (χ0n) is 22.6. The van der Waals surface area contributed by atoms with E-state index >= 15 is 0 Å². The molecule has 0 fully saturated rings. The van der Waals surface area contributed by atoms with Gasteiger partial charge in [-0.2, -0.15) is 0 Å². The molecule has 11 heteroatoms. The number of methoxy groups -OCH3 is 2. The Balaban J connectivity index is 1.46. The first-order chi connectivity index (χ1) is 19.8. The molecule has 0 aliphatic rings. The first kappa shape index (κ1) is 29.4. The lowest BCUT2D eigenvalue weighted by Gasteiger charge is -2.13. The highest BCUT2D eigenvalue weighted by molar-refractivity contribution is 8.00. The summed E-state index contributed by atoms with van der Waals surface area (Å²) in [5, 5.41) is 10.8. The van der Waals surface area contributed by atoms with Crippen LogP contribution in [0.15, 0.2) is 88.8 Å². The van der Waals surface area contributed by atoms with Gasteiger partial charge in [-0.3, -0.25) is 14.4 Å². The predicted octanol–water partition coefficient (Wildman–Crippen LogP) is 5.61. The molecule has 0 saturated heterocycles. The molecule has 3 amide bonds. The number of ether oxygens (including phenoxy) is 2. The van der Waals surface area contributed by atoms with Crippen molar-refractivity contribution in [2.45, 2.75) is 11.8 Å². The Bertz CT molecular complexity index is 1550. The van der Waals surface area contributed by atoms with Gasteiger partial charge in [0.15, 0.2) is 5.13 Å². The lowest BCUT2D eigenvalue weighted by molar-refractivity contribution is -0.114. The number of thioether (sulfide) groups is 1. The van der Waals surface area contributed by atoms with E-state index in [0.29, 0.717) is 33.4 Å². The monoisotopic (exact) mass is 588 g/mol. The summed E-state index contributed by atoms with van der Waals surface area (Å²) in [6, 6.07) is 20.8. The average molecular weight is 589 g/mol. The molecule has 4 rings (SSSR count). The third-order valence-electron chi connectivity index (χ3n) is 5.62. The van der Waals surface area contributed by atoms with Crippen molar-refractivity contribution in [1.82, 2.24) is 10.3 Å². The molecule has 41 heavy (non-hydrogen) atoms. The Hall–Kier alpha value is -4.61. The van der Waals surface area contributed by atoms with E-state index < -0.39 is 11.8 Å². The first-order valence-corrected chi connectivity index (χ1v) is 14.3. The second-order valence-corrected chi connectivity index (χ2v) is 10.5. The highest BCUT2D eigenvalue weighted by atomic mass is 32.2. The molecule has 4 aromatic rings. The van der Waals surface area contributed by atoms with Crippen molar-refractivity contribution < 1.29 is 23.9 Å². The van der Waals surface area contributed by atoms with E-state index in [0.717, 1.165) is 10.6 Å². The molecule has 9 nitrogen and oxygen atoms in total. The van der Waals surface area contributed by atoms with Gasteiger partial charge in [0.25, 0.3) is 11.8 Å². The van der Waals surface area contributed by atoms with Crippen LogP contribution in [0.4, 0.5) is 10.8 Å². The van der Waals surface area contributed by atoms with E-state index in [1.807, 2.05) is 12.3 Å². The second kappa shape index (κ2) is 14.1. The zero-order valence-corrected chi connectivity index (χ0v) is 24.2. The maximum atomic E-state index is 13.4. The van der Waals surface area contributed by atoms with Crippen molar-refractivity contribution in [1.29, 1.82) is 0 Å². The van der Waals surface area contributed by atoms with Crippen LogP contribution in [0.5, 0.6) is 11.5 Å². The summed E-state index contributed by atoms with van der Waals surface area (Å²) in [6.45, 7) is 1.87. The van der Waals surface area contributed by atoms with Crippen molar-refractivity contribution in [2.75, 3.05) is 30.6 Å². The standard InChI is InChI=1S/C30H28N4O5S2/c1-19-17-41-30(31-19)34-27(35)18-40-24-13-10-22(11-14-24)32-29(37)25(33-28(36)20-7-5-4-6-8-20)15-21-9-12-23(38-2)16-26(21)39-3/h4-17H,18H2,1-3H3,(H,32,37)(H,33,36)(H,31,34,35)/b25-15-. The molecule has 3 aromatic carbocycles. The number of amides is 3. The lowest BCUT2D eigenvalue weighted by Crippen LogP contribution is -2.30. The normalized spacial score (nSPS) is 11.0. The Kier molecular flexibility index (Phi) is 10.1. The van der Waals surface area contributed by atoms with Crippen LogP contribution >= 0.6 is 23.1 Å². The van der Waals surface area contributed by atoms with E-state index in [2.05, 4.69) is 20.9 Å². The fraction of sp³-hybridized carbons (Fsp3) is 0.133. The average Bonchev–Trinajstić information content (AvgIpc) is 3.40. The maximum absolute atomic E-state index is 13.4. The van der Waals surface area contributed by atoms with Gasteiger partial charge >= 0.3 is 0 Å². The molecule has 0 unspecified atom stereocenters. The summed E-state index contributed by atoms with van der Waals surface area (Å²) in [4.78, 5) is 43.6. The number of nitrogens with zero attached hydrogens (tertiary/aromatic N) is 1. The Labute approximate surface area is 246 Å². The number of benzene rings is 3. The van der Waals surface area contributed by atoms with Gasteiger partial charge in [0, 0.05) is 33.2 Å². The summed E-state index contributed by atoms with van der Waals surface area (Å²) in [5.41, 5.74) is 2.38. The SMILES string of the molecule is COc1ccc(/C=C(\NC(=O)c2ccccc2)C(=O)Nc2ccc(SCC(=O)Nc3nc(C)cs3)cc2)c(OC)c1. The number of carbonyl (C=O) groups excluding carboxylic acids is 3. The van der Waals surface area contributed by atoms with Gasteiger partial charge in [0.05, 0.1) is 25.7 Å². The van der Waals surface area contributed by atoms with Crippen molar-refractivity contribution in [3.8, 4) is 11.5 Å². The molecular weight excluding hydrogens is 560 g/mol. The smallest absolute Gasteiger partial charge is 0.272 e. The molecule has 0 bridgehead atoms. The number of nitrogens with one attached hydrogen (secondary N) is 3. The maximum Gasteiger partial charge on any atom is 0.272 e. The van der Waals surface area contributed by atoms with Crippen LogP contribution in [-0.2, 0) is 9.59 Å². The molecule has 0 aliphatic heterocycles. The minimum absolute atomic E-state index is 0.0230. The molecule has 1 heterocycles. The summed E-state index contributed by atoms with van der Waals surface area (Å²) in [6.07, 6.45) is 1.54. The van der Waals surface area contributed by atoms with Crippen molar-refractivity contribution >= 4 is 57.7 Å². The number of rotatable bonds is 11. The lowest BCUT2D eigenvalue weighted by atomic mass is 10.1. The number of aryl methyl sites for hydroxylation is 1. The molecule has 3 N–H and O–H groups in total. The number of carbonyl (C=O) groups is 3. The van der Waals surface area contributed by atoms with E-state index in [1.165, 1.54) is 30.2 Å². The molecule has 0 spiro atoms. The summed E-state index contributed by atoms with van der Waals surface area (Å²) in [5.74, 6) is 0.167. The summed E-state index contributed by atoms with van der Waals surface area (Å²) >= 11 is 2.74.